The summed E-state index contributed by atoms with van der Waals surface area (Å²) in [4.78, 5) is 37.3. The van der Waals surface area contributed by atoms with Crippen LogP contribution in [0, 0.1) is 45.7 Å². The minimum absolute atomic E-state index is 0.204. The standard InChI is InChI=1S/C7H6N4O6.NO3/c8-3-5-6(10(14)15)1-4(9(12)13)2-7(5)11(16)17;2-1(3)4/h1-2H,3,8H2;/q;-1/p+1. The number of benzene rings is 1. The summed E-state index contributed by atoms with van der Waals surface area (Å²) in [6, 6.07) is 1.38. The molecule has 0 spiro atoms. The van der Waals surface area contributed by atoms with Crippen molar-refractivity contribution in [3.8, 4) is 0 Å². The van der Waals surface area contributed by atoms with Gasteiger partial charge in [0, 0.05) is 0 Å². The first-order valence-corrected chi connectivity index (χ1v) is 4.82. The molecule has 0 aromatic heterocycles. The van der Waals surface area contributed by atoms with E-state index in [1.165, 1.54) is 0 Å². The van der Waals surface area contributed by atoms with Gasteiger partial charge in [0.25, 0.3) is 17.1 Å². The van der Waals surface area contributed by atoms with Gasteiger partial charge in [-0.3, -0.25) is 30.3 Å². The maximum absolute atomic E-state index is 10.7. The average Bonchev–Trinajstić information content (AvgIpc) is 2.35. The third-order valence-corrected chi connectivity index (χ3v) is 2.04. The molecule has 0 fully saturated rings. The van der Waals surface area contributed by atoms with Crippen LogP contribution in [0.5, 0.6) is 0 Å². The van der Waals surface area contributed by atoms with Crippen molar-refractivity contribution in [3.05, 3.63) is 63.4 Å². The van der Waals surface area contributed by atoms with Gasteiger partial charge in [0.05, 0.1) is 32.0 Å². The van der Waals surface area contributed by atoms with Crippen molar-refractivity contribution in [1.29, 1.82) is 0 Å². The van der Waals surface area contributed by atoms with Gasteiger partial charge in [-0.2, -0.15) is 0 Å². The molecule has 0 bridgehead atoms. The Balaban J connectivity index is 0.000000885. The molecule has 0 radical (unpaired) electrons. The molecule has 3 N–H and O–H groups in total. The number of rotatable bonds is 4. The van der Waals surface area contributed by atoms with Crippen molar-refractivity contribution < 1.29 is 25.6 Å². The lowest BCUT2D eigenvalue weighted by Crippen LogP contribution is -2.47. The Kier molecular flexibility index (Phi) is 6.06. The van der Waals surface area contributed by atoms with Gasteiger partial charge < -0.3 is 21.1 Å². The summed E-state index contributed by atoms with van der Waals surface area (Å²) in [7, 11) is 0. The maximum Gasteiger partial charge on any atom is 0.292 e. The summed E-state index contributed by atoms with van der Waals surface area (Å²) < 4.78 is 0. The third-order valence-electron chi connectivity index (χ3n) is 2.04. The average molecular weight is 305 g/mol. The third kappa shape index (κ3) is 4.99. The first-order chi connectivity index (χ1) is 9.61. The fourth-order valence-electron chi connectivity index (χ4n) is 1.31. The number of quaternary nitrogens is 1. The number of hydrogen-bond acceptors (Lipinski definition) is 9. The molecule has 0 saturated heterocycles. The Morgan fingerprint density at radius 1 is 0.810 bits per heavy atom. The zero-order valence-corrected chi connectivity index (χ0v) is 10.0. The summed E-state index contributed by atoms with van der Waals surface area (Å²) in [6.07, 6.45) is 0. The summed E-state index contributed by atoms with van der Waals surface area (Å²) >= 11 is 0. The lowest BCUT2D eigenvalue weighted by atomic mass is 10.1. The Bertz CT molecular complexity index is 561. The van der Waals surface area contributed by atoms with Crippen molar-refractivity contribution in [2.75, 3.05) is 0 Å². The minimum Gasteiger partial charge on any atom is -0.356 e. The maximum atomic E-state index is 10.7. The Labute approximate surface area is 114 Å². The van der Waals surface area contributed by atoms with Crippen molar-refractivity contribution in [2.24, 2.45) is 0 Å². The van der Waals surface area contributed by atoms with Crippen LogP contribution in [0.15, 0.2) is 12.1 Å². The van der Waals surface area contributed by atoms with E-state index in [1.807, 2.05) is 0 Å². The molecule has 1 aromatic rings. The number of hydrogen-bond donors (Lipinski definition) is 1. The van der Waals surface area contributed by atoms with Gasteiger partial charge in [-0.15, -0.1) is 0 Å². The monoisotopic (exact) mass is 305 g/mol. The quantitative estimate of drug-likeness (QED) is 0.578. The van der Waals surface area contributed by atoms with Crippen LogP contribution in [-0.2, 0) is 6.54 Å². The molecule has 0 unspecified atom stereocenters. The lowest BCUT2D eigenvalue weighted by Gasteiger charge is -2.00. The van der Waals surface area contributed by atoms with Crippen LogP contribution in [0.3, 0.4) is 0 Å². The van der Waals surface area contributed by atoms with Crippen molar-refractivity contribution in [1.82, 2.24) is 0 Å². The minimum atomic E-state index is -1.75. The van der Waals surface area contributed by atoms with Crippen LogP contribution in [0.2, 0.25) is 0 Å². The van der Waals surface area contributed by atoms with Gasteiger partial charge >= 0.3 is 0 Å². The number of nitro groups is 3. The van der Waals surface area contributed by atoms with Gasteiger partial charge in [0.15, 0.2) is 5.56 Å². The largest absolute Gasteiger partial charge is 0.356 e. The van der Waals surface area contributed by atoms with Gasteiger partial charge in [0.2, 0.25) is 0 Å². The predicted molar refractivity (Wildman–Crippen MR) is 63.4 cm³/mol. The van der Waals surface area contributed by atoms with Crippen LogP contribution < -0.4 is 5.73 Å². The van der Waals surface area contributed by atoms with Crippen LogP contribution in [0.4, 0.5) is 17.1 Å². The van der Waals surface area contributed by atoms with Crippen molar-refractivity contribution >= 4 is 17.1 Å². The zero-order chi connectivity index (χ0) is 16.7. The molecule has 0 aliphatic rings. The van der Waals surface area contributed by atoms with E-state index in [-0.39, 0.29) is 12.1 Å². The van der Waals surface area contributed by atoms with Crippen molar-refractivity contribution in [2.45, 2.75) is 6.54 Å². The fourth-order valence-corrected chi connectivity index (χ4v) is 1.31. The van der Waals surface area contributed by atoms with Crippen LogP contribution >= 0.6 is 0 Å². The van der Waals surface area contributed by atoms with E-state index in [9.17, 15) is 30.3 Å². The molecule has 1 aromatic carbocycles. The molecule has 0 aliphatic heterocycles. The Morgan fingerprint density at radius 3 is 1.33 bits per heavy atom. The van der Waals surface area contributed by atoms with E-state index in [0.717, 1.165) is 0 Å². The summed E-state index contributed by atoms with van der Waals surface area (Å²) in [6.45, 7) is -0.204. The highest BCUT2D eigenvalue weighted by atomic mass is 16.9. The van der Waals surface area contributed by atoms with Crippen LogP contribution in [0.1, 0.15) is 5.56 Å². The molecule has 0 heterocycles. The van der Waals surface area contributed by atoms with E-state index in [2.05, 4.69) is 5.73 Å². The molecular formula is C7H7N5O9. The molecule has 0 amide bonds. The van der Waals surface area contributed by atoms with E-state index in [4.69, 9.17) is 15.3 Å². The molecule has 0 saturated carbocycles. The molecule has 21 heavy (non-hydrogen) atoms. The van der Waals surface area contributed by atoms with E-state index < -0.39 is 36.9 Å². The number of non-ortho nitro benzene ring substituents is 1. The predicted octanol–water partition coefficient (Wildman–Crippen LogP) is -0.0860. The molecule has 0 aliphatic carbocycles. The second-order valence-electron chi connectivity index (χ2n) is 3.21. The highest BCUT2D eigenvalue weighted by Gasteiger charge is 2.30. The SMILES string of the molecule is O=[N+]([O-])[O-].[NH3+]Cc1c([N+](=O)[O-])cc([N+](=O)[O-])cc1[N+](=O)[O-]. The second kappa shape index (κ2) is 7.24. The first-order valence-electron chi connectivity index (χ1n) is 4.82. The van der Waals surface area contributed by atoms with Gasteiger partial charge in [-0.1, -0.05) is 0 Å². The van der Waals surface area contributed by atoms with Gasteiger partial charge in [-0.25, -0.2) is 0 Å². The van der Waals surface area contributed by atoms with Crippen molar-refractivity contribution in [3.63, 3.8) is 0 Å². The second-order valence-corrected chi connectivity index (χ2v) is 3.21. The zero-order valence-electron chi connectivity index (χ0n) is 10.0. The van der Waals surface area contributed by atoms with Crippen LogP contribution in [-0.4, -0.2) is 19.9 Å². The topological polar surface area (TPSA) is 223 Å². The molecule has 14 heteroatoms. The van der Waals surface area contributed by atoms with E-state index in [0.29, 0.717) is 12.1 Å². The van der Waals surface area contributed by atoms with Gasteiger partial charge in [-0.05, 0) is 0 Å². The highest BCUT2D eigenvalue weighted by Crippen LogP contribution is 2.32. The summed E-state index contributed by atoms with van der Waals surface area (Å²) in [5.74, 6) is 0. The summed E-state index contributed by atoms with van der Waals surface area (Å²) in [5, 5.41) is 46.6. The Hall–Kier alpha value is -3.42. The number of nitrogens with zero attached hydrogens (tertiary/aromatic N) is 4. The van der Waals surface area contributed by atoms with E-state index >= 15 is 0 Å². The lowest BCUT2D eigenvalue weighted by molar-refractivity contribution is -0.418. The molecule has 114 valence electrons. The molecule has 1 rings (SSSR count). The smallest absolute Gasteiger partial charge is 0.292 e. The van der Waals surface area contributed by atoms with Gasteiger partial charge in [0.1, 0.15) is 6.54 Å². The molecule has 14 nitrogen and oxygen atoms in total. The fraction of sp³-hybridized carbons (Fsp3) is 0.143. The van der Waals surface area contributed by atoms with E-state index in [1.54, 1.807) is 0 Å². The Morgan fingerprint density at radius 2 is 1.14 bits per heavy atom. The molecule has 0 atom stereocenters. The summed E-state index contributed by atoms with van der Waals surface area (Å²) in [5.41, 5.74) is 1.08. The van der Waals surface area contributed by atoms with Crippen LogP contribution in [0.25, 0.3) is 0 Å². The first kappa shape index (κ1) is 17.6. The number of nitro benzene ring substituents is 3. The molecular weight excluding hydrogens is 298 g/mol. The highest BCUT2D eigenvalue weighted by molar-refractivity contribution is 5.60. The normalized spacial score (nSPS) is 9.19.